The fourth-order valence-corrected chi connectivity index (χ4v) is 7.19. The molecule has 0 bridgehead atoms. The summed E-state index contributed by atoms with van der Waals surface area (Å²) >= 11 is 6.15. The molecule has 15 nitrogen and oxygen atoms in total. The van der Waals surface area contributed by atoms with Gasteiger partial charge in [-0.2, -0.15) is 0 Å². The van der Waals surface area contributed by atoms with Gasteiger partial charge in [0.05, 0.1) is 24.7 Å². The van der Waals surface area contributed by atoms with Crippen LogP contribution in [0, 0.1) is 5.92 Å². The van der Waals surface area contributed by atoms with Crippen LogP contribution in [0.1, 0.15) is 92.1 Å². The molecule has 3 aliphatic heterocycles. The van der Waals surface area contributed by atoms with E-state index in [1.807, 2.05) is 64.1 Å². The highest BCUT2D eigenvalue weighted by Crippen LogP contribution is 2.48. The predicted molar refractivity (Wildman–Crippen MR) is 228 cm³/mol. The largest absolute Gasteiger partial charge is 0.495 e. The Balaban J connectivity index is 0.00000301. The number of hydrogen-bond acceptors (Lipinski definition) is 11. The summed E-state index contributed by atoms with van der Waals surface area (Å²) in [7, 11) is 5.59. The van der Waals surface area contributed by atoms with Gasteiger partial charge in [-0.15, -0.1) is 0 Å². The van der Waals surface area contributed by atoms with Crippen molar-refractivity contribution in [1.82, 2.24) is 20.4 Å². The summed E-state index contributed by atoms with van der Waals surface area (Å²) in [5.41, 5.74) is 1.17. The summed E-state index contributed by atoms with van der Waals surface area (Å²) in [4.78, 5) is 77.5. The average molecular weight is 861 g/mol. The number of carbonyl (C=O) groups is 6. The molecule has 5 amide bonds. The van der Waals surface area contributed by atoms with Gasteiger partial charge in [-0.25, -0.2) is 9.59 Å². The summed E-state index contributed by atoms with van der Waals surface area (Å²) in [5, 5.41) is 13.0. The van der Waals surface area contributed by atoms with Crippen LogP contribution in [-0.4, -0.2) is 121 Å². The Morgan fingerprint density at radius 3 is 2.42 bits per heavy atom. The standard InChI is InChI=1S/C41H55ClN4O10.C2H6.CH4O/c1-25(21-28-16-17-30(42)32(22-28)53-7)13-10-11-14-29-23-31(54-40(52)44-29)26(2)38-41(4,56-38)33(24-34(47)43-5)55-39(51)27(3)45(6)35(48)15-9-8-12-20-46-36(49)18-19-37(46)50;2*1-2/h10-11,13,16-19,22,26-27,29,31,33,38H,8-9,12,14-15,20-21,23-24H2,1-7H3,(H,43,47)(H,44,52);1-2H3;2H,1H3/b11-10+,25-13+;;/t26-,27?,29?,31?,33+,38+,41?;;/m1../s1. The van der Waals surface area contributed by atoms with E-state index >= 15 is 0 Å². The molecule has 3 heterocycles. The summed E-state index contributed by atoms with van der Waals surface area (Å²) in [6, 6.07) is 4.57. The van der Waals surface area contributed by atoms with Gasteiger partial charge >= 0.3 is 12.1 Å². The maximum absolute atomic E-state index is 13.4. The number of allylic oxidation sites excluding steroid dienone is 3. The monoisotopic (exact) mass is 860 g/mol. The van der Waals surface area contributed by atoms with Gasteiger partial charge in [-0.1, -0.05) is 68.7 Å². The normalized spacial score (nSPS) is 22.3. The second-order valence-corrected chi connectivity index (χ2v) is 15.3. The molecule has 3 aliphatic rings. The third-order valence-corrected chi connectivity index (χ3v) is 11.0. The molecule has 2 saturated heterocycles. The van der Waals surface area contributed by atoms with E-state index in [1.165, 1.54) is 31.1 Å². The van der Waals surface area contributed by atoms with Crippen LogP contribution in [-0.2, 0) is 44.6 Å². The first-order chi connectivity index (χ1) is 28.6. The first-order valence-corrected chi connectivity index (χ1v) is 20.9. The fourth-order valence-electron chi connectivity index (χ4n) is 6.99. The van der Waals surface area contributed by atoms with Crippen molar-refractivity contribution in [3.63, 3.8) is 0 Å². The molecule has 4 unspecified atom stereocenters. The van der Waals surface area contributed by atoms with Crippen molar-refractivity contribution in [2.75, 3.05) is 34.9 Å². The van der Waals surface area contributed by atoms with Crippen LogP contribution in [0.2, 0.25) is 5.02 Å². The SMILES string of the molecule is CC.CNC(=O)C[C@H](OC(=O)C(C)N(C)C(=O)CCCCCN1C(=O)C=CC1=O)C1(C)O[C@H]1[C@H](C)C1CC(C/C=C/C=C(\C)Cc2ccc(Cl)c(OC)c2)NC(=O)O1.CO. The Morgan fingerprint density at radius 2 is 1.78 bits per heavy atom. The number of amides is 5. The van der Waals surface area contributed by atoms with Crippen molar-refractivity contribution in [3.05, 3.63) is 64.7 Å². The topological polar surface area (TPSA) is 193 Å². The first-order valence-electron chi connectivity index (χ1n) is 20.5. The smallest absolute Gasteiger partial charge is 0.407 e. The Labute approximate surface area is 359 Å². The molecule has 7 atom stereocenters. The lowest BCUT2D eigenvalue weighted by Gasteiger charge is -2.33. The number of esters is 1. The Kier molecular flexibility index (Phi) is 21.5. The number of ether oxygens (including phenoxy) is 4. The second-order valence-electron chi connectivity index (χ2n) is 14.9. The molecule has 2 fully saturated rings. The van der Waals surface area contributed by atoms with Gasteiger partial charge in [0, 0.05) is 64.7 Å². The molecule has 16 heteroatoms. The minimum absolute atomic E-state index is 0.165. The molecular formula is C44H65ClN4O11. The molecule has 60 heavy (non-hydrogen) atoms. The van der Waals surface area contributed by atoms with E-state index in [9.17, 15) is 28.8 Å². The van der Waals surface area contributed by atoms with Crippen LogP contribution in [0.5, 0.6) is 5.75 Å². The molecule has 0 spiro atoms. The second kappa shape index (κ2) is 25.1. The number of likely N-dealkylation sites (N-methyl/N-ethyl adjacent to an activating group) is 1. The van der Waals surface area contributed by atoms with Gasteiger partial charge in [0.2, 0.25) is 11.8 Å². The molecule has 1 aromatic rings. The first kappa shape index (κ1) is 51.4. The summed E-state index contributed by atoms with van der Waals surface area (Å²) in [6.07, 6.45) is 9.52. The Bertz CT molecular complexity index is 1710. The lowest BCUT2D eigenvalue weighted by molar-refractivity contribution is -0.162. The van der Waals surface area contributed by atoms with Crippen LogP contribution in [0.4, 0.5) is 4.79 Å². The van der Waals surface area contributed by atoms with Crippen molar-refractivity contribution in [3.8, 4) is 5.75 Å². The van der Waals surface area contributed by atoms with Crippen molar-refractivity contribution in [2.24, 2.45) is 5.92 Å². The van der Waals surface area contributed by atoms with Gasteiger partial charge in [0.1, 0.15) is 29.6 Å². The summed E-state index contributed by atoms with van der Waals surface area (Å²) in [5.74, 6) is -1.64. The number of rotatable bonds is 20. The van der Waals surface area contributed by atoms with Gasteiger partial charge in [0.15, 0.2) is 0 Å². The molecule has 0 aliphatic carbocycles. The van der Waals surface area contributed by atoms with Gasteiger partial charge in [-0.3, -0.25) is 24.1 Å². The van der Waals surface area contributed by atoms with Crippen LogP contribution in [0.15, 0.2) is 54.2 Å². The molecule has 0 radical (unpaired) electrons. The molecule has 334 valence electrons. The fraction of sp³-hybridized carbons (Fsp3) is 0.591. The van der Waals surface area contributed by atoms with E-state index in [2.05, 4.69) is 10.6 Å². The molecule has 4 rings (SSSR count). The zero-order valence-corrected chi connectivity index (χ0v) is 37.5. The minimum Gasteiger partial charge on any atom is -0.495 e. The number of alkyl carbamates (subject to hydrolysis) is 1. The number of halogens is 1. The van der Waals surface area contributed by atoms with E-state index in [4.69, 9.17) is 35.7 Å². The predicted octanol–water partition coefficient (Wildman–Crippen LogP) is 5.46. The number of nitrogens with zero attached hydrogens (tertiary/aromatic N) is 2. The third kappa shape index (κ3) is 14.8. The van der Waals surface area contributed by atoms with Gasteiger partial charge in [-0.05, 0) is 64.2 Å². The van der Waals surface area contributed by atoms with E-state index in [-0.39, 0.29) is 55.0 Å². The summed E-state index contributed by atoms with van der Waals surface area (Å²) in [6.45, 7) is 11.6. The number of carbonyl (C=O) groups excluding carboxylic acids is 6. The number of cyclic esters (lactones) is 1. The lowest BCUT2D eigenvalue weighted by atomic mass is 9.85. The summed E-state index contributed by atoms with van der Waals surface area (Å²) < 4.78 is 23.1. The number of hydrogen-bond donors (Lipinski definition) is 3. The number of unbranched alkanes of at least 4 members (excludes halogenated alkanes) is 2. The van der Waals surface area contributed by atoms with E-state index < -0.39 is 42.0 Å². The molecule has 3 N–H and O–H groups in total. The zero-order chi connectivity index (χ0) is 45.2. The number of methoxy groups -OCH3 is 1. The quantitative estimate of drug-likeness (QED) is 0.0496. The number of imide groups is 1. The van der Waals surface area contributed by atoms with Crippen LogP contribution < -0.4 is 15.4 Å². The highest BCUT2D eigenvalue weighted by molar-refractivity contribution is 6.32. The molecule has 0 aromatic heterocycles. The number of epoxide rings is 1. The maximum atomic E-state index is 13.4. The number of benzene rings is 1. The van der Waals surface area contributed by atoms with Gasteiger partial charge < -0.3 is 39.6 Å². The molecular weight excluding hydrogens is 796 g/mol. The highest BCUT2D eigenvalue weighted by Gasteiger charge is 2.63. The van der Waals surface area contributed by atoms with Crippen LogP contribution in [0.3, 0.4) is 0 Å². The highest BCUT2D eigenvalue weighted by atomic mass is 35.5. The number of aliphatic hydroxyl groups is 1. The minimum atomic E-state index is -1.04. The third-order valence-electron chi connectivity index (χ3n) is 10.7. The maximum Gasteiger partial charge on any atom is 0.407 e. The Hall–Kier alpha value is -4.73. The average Bonchev–Trinajstić information content (AvgIpc) is 3.84. The van der Waals surface area contributed by atoms with E-state index in [1.54, 1.807) is 21.0 Å². The lowest BCUT2D eigenvalue weighted by Crippen LogP contribution is -2.49. The number of aliphatic hydroxyl groups excluding tert-OH is 1. The zero-order valence-electron chi connectivity index (χ0n) is 36.7. The van der Waals surface area contributed by atoms with Crippen LogP contribution >= 0.6 is 11.6 Å². The van der Waals surface area contributed by atoms with Crippen molar-refractivity contribution >= 4 is 47.3 Å². The van der Waals surface area contributed by atoms with Gasteiger partial charge in [0.25, 0.3) is 11.8 Å². The number of nitrogens with one attached hydrogen (secondary N) is 2. The van der Waals surface area contributed by atoms with Crippen molar-refractivity contribution in [2.45, 2.75) is 129 Å². The van der Waals surface area contributed by atoms with Crippen molar-refractivity contribution in [1.29, 1.82) is 0 Å². The van der Waals surface area contributed by atoms with Crippen LogP contribution in [0.25, 0.3) is 0 Å². The van der Waals surface area contributed by atoms with E-state index in [0.29, 0.717) is 42.9 Å². The van der Waals surface area contributed by atoms with E-state index in [0.717, 1.165) is 29.6 Å². The molecule has 1 aromatic carbocycles. The Morgan fingerprint density at radius 1 is 1.12 bits per heavy atom. The van der Waals surface area contributed by atoms with Crippen molar-refractivity contribution < 1.29 is 52.8 Å². The molecule has 0 saturated carbocycles.